The van der Waals surface area contributed by atoms with Crippen LogP contribution in [0.4, 0.5) is 10.2 Å². The fourth-order valence-corrected chi connectivity index (χ4v) is 2.02. The van der Waals surface area contributed by atoms with E-state index < -0.39 is 5.82 Å². The molecule has 0 radical (unpaired) electrons. The number of nitrogens with two attached hydrogens (primary N) is 1. The lowest BCUT2D eigenvalue weighted by molar-refractivity contribution is 0.625. The van der Waals surface area contributed by atoms with E-state index in [2.05, 4.69) is 15.0 Å². The predicted molar refractivity (Wildman–Crippen MR) is 75.1 cm³/mol. The van der Waals surface area contributed by atoms with E-state index in [1.54, 1.807) is 36.8 Å². The van der Waals surface area contributed by atoms with Crippen LogP contribution in [-0.4, -0.2) is 15.0 Å². The Kier molecular flexibility index (Phi) is 3.09. The molecule has 98 valence electrons. The van der Waals surface area contributed by atoms with Gasteiger partial charge in [0.1, 0.15) is 11.6 Å². The maximum absolute atomic E-state index is 13.9. The van der Waals surface area contributed by atoms with Crippen molar-refractivity contribution in [1.82, 2.24) is 15.0 Å². The van der Waals surface area contributed by atoms with E-state index >= 15 is 0 Å². The van der Waals surface area contributed by atoms with Gasteiger partial charge in [-0.15, -0.1) is 0 Å². The van der Waals surface area contributed by atoms with Crippen LogP contribution in [0.3, 0.4) is 0 Å². The molecule has 5 heteroatoms. The van der Waals surface area contributed by atoms with E-state index in [9.17, 15) is 4.39 Å². The summed E-state index contributed by atoms with van der Waals surface area (Å²) in [6.07, 6.45) is 6.05. The van der Waals surface area contributed by atoms with Crippen molar-refractivity contribution in [2.24, 2.45) is 0 Å². The minimum absolute atomic E-state index is 0.384. The third kappa shape index (κ3) is 2.21. The number of halogens is 1. The van der Waals surface area contributed by atoms with Gasteiger partial charge in [-0.3, -0.25) is 9.97 Å². The molecule has 0 saturated carbocycles. The number of aromatic nitrogens is 3. The summed E-state index contributed by atoms with van der Waals surface area (Å²) in [5.41, 5.74) is 8.32. The molecule has 2 N–H and O–H groups in total. The van der Waals surface area contributed by atoms with Crippen molar-refractivity contribution >= 4 is 5.82 Å². The summed E-state index contributed by atoms with van der Waals surface area (Å²) in [7, 11) is 0. The SMILES string of the molecule is Nc1ccc(-c2ccncc2F)c(-c2ccncc2)n1. The molecule has 0 unspecified atom stereocenters. The first-order chi connectivity index (χ1) is 9.75. The van der Waals surface area contributed by atoms with Crippen molar-refractivity contribution in [3.05, 3.63) is 60.9 Å². The first-order valence-corrected chi connectivity index (χ1v) is 6.02. The van der Waals surface area contributed by atoms with Crippen LogP contribution in [0.2, 0.25) is 0 Å². The van der Waals surface area contributed by atoms with E-state index in [1.807, 2.05) is 12.1 Å². The van der Waals surface area contributed by atoms with E-state index in [1.165, 1.54) is 6.20 Å². The fraction of sp³-hybridized carbons (Fsp3) is 0. The van der Waals surface area contributed by atoms with Gasteiger partial charge in [0.05, 0.1) is 11.9 Å². The lowest BCUT2D eigenvalue weighted by Crippen LogP contribution is -1.96. The molecule has 0 aromatic carbocycles. The van der Waals surface area contributed by atoms with Crippen molar-refractivity contribution in [3.63, 3.8) is 0 Å². The highest BCUT2D eigenvalue weighted by Gasteiger charge is 2.13. The molecular formula is C15H11FN4. The molecule has 3 heterocycles. The largest absolute Gasteiger partial charge is 0.384 e. The minimum Gasteiger partial charge on any atom is -0.384 e. The summed E-state index contributed by atoms with van der Waals surface area (Å²) in [6, 6.07) is 8.65. The fourth-order valence-electron chi connectivity index (χ4n) is 2.02. The molecule has 0 bridgehead atoms. The van der Waals surface area contributed by atoms with Crippen molar-refractivity contribution < 1.29 is 4.39 Å². The van der Waals surface area contributed by atoms with Gasteiger partial charge in [0.25, 0.3) is 0 Å². The van der Waals surface area contributed by atoms with Crippen molar-refractivity contribution in [1.29, 1.82) is 0 Å². The second-order valence-electron chi connectivity index (χ2n) is 4.22. The van der Waals surface area contributed by atoms with Gasteiger partial charge >= 0.3 is 0 Å². The molecule has 0 aliphatic heterocycles. The first-order valence-electron chi connectivity index (χ1n) is 6.02. The van der Waals surface area contributed by atoms with E-state index in [0.29, 0.717) is 22.6 Å². The summed E-state index contributed by atoms with van der Waals surface area (Å²) < 4.78 is 13.9. The molecule has 3 aromatic heterocycles. The zero-order valence-corrected chi connectivity index (χ0v) is 10.5. The van der Waals surface area contributed by atoms with Gasteiger partial charge in [0, 0.05) is 35.3 Å². The monoisotopic (exact) mass is 266 g/mol. The van der Waals surface area contributed by atoms with Crippen LogP contribution in [0.1, 0.15) is 0 Å². The first kappa shape index (κ1) is 12.2. The third-order valence-corrected chi connectivity index (χ3v) is 2.93. The lowest BCUT2D eigenvalue weighted by atomic mass is 10.0. The number of pyridine rings is 3. The average molecular weight is 266 g/mol. The van der Waals surface area contributed by atoms with Gasteiger partial charge in [-0.25, -0.2) is 9.37 Å². The Balaban J connectivity index is 2.25. The smallest absolute Gasteiger partial charge is 0.149 e. The highest BCUT2D eigenvalue weighted by Crippen LogP contribution is 2.32. The van der Waals surface area contributed by atoms with Crippen molar-refractivity contribution in [3.8, 4) is 22.4 Å². The summed E-state index contributed by atoms with van der Waals surface area (Å²) in [6.45, 7) is 0. The van der Waals surface area contributed by atoms with Crippen LogP contribution in [0, 0.1) is 5.82 Å². The number of hydrogen-bond donors (Lipinski definition) is 1. The Labute approximate surface area is 115 Å². The van der Waals surface area contributed by atoms with Crippen LogP contribution >= 0.6 is 0 Å². The molecule has 20 heavy (non-hydrogen) atoms. The molecule has 3 aromatic rings. The minimum atomic E-state index is -0.394. The van der Waals surface area contributed by atoms with E-state index in [4.69, 9.17) is 5.73 Å². The Morgan fingerprint density at radius 1 is 0.850 bits per heavy atom. The van der Waals surface area contributed by atoms with Crippen LogP contribution in [0.5, 0.6) is 0 Å². The molecule has 3 rings (SSSR count). The standard InChI is InChI=1S/C15H11FN4/c16-13-9-19-8-5-11(13)12-1-2-14(17)20-15(12)10-3-6-18-7-4-10/h1-9H,(H2,17,20). The topological polar surface area (TPSA) is 64.7 Å². The van der Waals surface area contributed by atoms with Gasteiger partial charge in [0.15, 0.2) is 0 Å². The zero-order valence-electron chi connectivity index (χ0n) is 10.5. The van der Waals surface area contributed by atoms with Crippen molar-refractivity contribution in [2.75, 3.05) is 5.73 Å². The summed E-state index contributed by atoms with van der Waals surface area (Å²) in [5, 5.41) is 0. The molecule has 0 saturated heterocycles. The van der Waals surface area contributed by atoms with Crippen LogP contribution in [0.15, 0.2) is 55.1 Å². The average Bonchev–Trinajstić information content (AvgIpc) is 2.49. The highest BCUT2D eigenvalue weighted by atomic mass is 19.1. The summed E-state index contributed by atoms with van der Waals surface area (Å²) in [5.74, 6) is -0.00981. The van der Waals surface area contributed by atoms with E-state index in [-0.39, 0.29) is 0 Å². The lowest BCUT2D eigenvalue weighted by Gasteiger charge is -2.10. The number of nitrogens with zero attached hydrogens (tertiary/aromatic N) is 3. The summed E-state index contributed by atoms with van der Waals surface area (Å²) in [4.78, 5) is 12.1. The Morgan fingerprint density at radius 3 is 2.35 bits per heavy atom. The van der Waals surface area contributed by atoms with Gasteiger partial charge in [-0.1, -0.05) is 0 Å². The normalized spacial score (nSPS) is 10.4. The van der Waals surface area contributed by atoms with Gasteiger partial charge in [-0.2, -0.15) is 0 Å². The molecule has 0 atom stereocenters. The van der Waals surface area contributed by atoms with Crippen LogP contribution in [-0.2, 0) is 0 Å². The number of nitrogen functional groups attached to an aromatic ring is 1. The number of hydrogen-bond acceptors (Lipinski definition) is 4. The molecule has 0 fully saturated rings. The van der Waals surface area contributed by atoms with Crippen LogP contribution < -0.4 is 5.73 Å². The zero-order chi connectivity index (χ0) is 13.9. The molecular weight excluding hydrogens is 255 g/mol. The molecule has 0 amide bonds. The molecule has 0 spiro atoms. The number of rotatable bonds is 2. The quantitative estimate of drug-likeness (QED) is 0.774. The number of anilines is 1. The predicted octanol–water partition coefficient (Wildman–Crippen LogP) is 2.93. The maximum Gasteiger partial charge on any atom is 0.149 e. The van der Waals surface area contributed by atoms with Gasteiger partial charge < -0.3 is 5.73 Å². The third-order valence-electron chi connectivity index (χ3n) is 2.93. The second kappa shape index (κ2) is 5.05. The maximum atomic E-state index is 13.9. The van der Waals surface area contributed by atoms with Crippen LogP contribution in [0.25, 0.3) is 22.4 Å². The molecule has 0 aliphatic rings. The van der Waals surface area contributed by atoms with Gasteiger partial charge in [-0.05, 0) is 30.3 Å². The Bertz CT molecular complexity index is 744. The Hall–Kier alpha value is -2.82. The highest BCUT2D eigenvalue weighted by molar-refractivity contribution is 5.81. The Morgan fingerprint density at radius 2 is 1.60 bits per heavy atom. The summed E-state index contributed by atoms with van der Waals surface area (Å²) >= 11 is 0. The molecule has 4 nitrogen and oxygen atoms in total. The van der Waals surface area contributed by atoms with Gasteiger partial charge in [0.2, 0.25) is 0 Å². The molecule has 0 aliphatic carbocycles. The van der Waals surface area contributed by atoms with E-state index in [0.717, 1.165) is 5.56 Å². The second-order valence-corrected chi connectivity index (χ2v) is 4.22. The van der Waals surface area contributed by atoms with Crippen molar-refractivity contribution in [2.45, 2.75) is 0 Å².